The molecule has 0 fully saturated rings. The lowest BCUT2D eigenvalue weighted by molar-refractivity contribution is -0.141. The minimum absolute atomic E-state index is 0.122. The predicted molar refractivity (Wildman–Crippen MR) is 88.1 cm³/mol. The molecule has 1 rings (SSSR count). The van der Waals surface area contributed by atoms with Crippen molar-refractivity contribution < 1.29 is 23.9 Å². The molecule has 0 aliphatic rings. The fourth-order valence-corrected chi connectivity index (χ4v) is 1.94. The smallest absolute Gasteiger partial charge is 0.408 e. The second kappa shape index (κ2) is 11.0. The zero-order valence-electron chi connectivity index (χ0n) is 14.0. The third kappa shape index (κ3) is 7.62. The normalized spacial score (nSPS) is 11.2. The van der Waals surface area contributed by atoms with Gasteiger partial charge in [0.25, 0.3) is 0 Å². The van der Waals surface area contributed by atoms with E-state index in [4.69, 9.17) is 4.74 Å². The number of unbranched alkanes of at least 4 members (excludes halogenated alkanes) is 1. The Morgan fingerprint density at radius 1 is 1.17 bits per heavy atom. The Bertz CT molecular complexity index is 533. The first kappa shape index (κ1) is 19.5. The molecular formula is C17H24N2O5. The van der Waals surface area contributed by atoms with Crippen molar-refractivity contribution in [3.05, 3.63) is 35.9 Å². The number of benzene rings is 1. The number of amides is 2. The Kier molecular flexibility index (Phi) is 8.96. The van der Waals surface area contributed by atoms with E-state index in [9.17, 15) is 14.4 Å². The molecular weight excluding hydrogens is 312 g/mol. The number of esters is 1. The van der Waals surface area contributed by atoms with E-state index in [2.05, 4.69) is 15.4 Å². The molecule has 24 heavy (non-hydrogen) atoms. The lowest BCUT2D eigenvalue weighted by atomic mass is 10.1. The molecule has 0 aromatic heterocycles. The lowest BCUT2D eigenvalue weighted by Gasteiger charge is -2.17. The van der Waals surface area contributed by atoms with Crippen LogP contribution in [0.3, 0.4) is 0 Å². The predicted octanol–water partition coefficient (Wildman–Crippen LogP) is 1.76. The van der Waals surface area contributed by atoms with Gasteiger partial charge in [-0.25, -0.2) is 4.79 Å². The van der Waals surface area contributed by atoms with Gasteiger partial charge < -0.3 is 20.1 Å². The zero-order valence-corrected chi connectivity index (χ0v) is 14.0. The van der Waals surface area contributed by atoms with Gasteiger partial charge in [-0.05, 0) is 12.0 Å². The van der Waals surface area contributed by atoms with Crippen LogP contribution in [0.25, 0.3) is 0 Å². The zero-order chi connectivity index (χ0) is 17.8. The molecule has 7 nitrogen and oxygen atoms in total. The number of methoxy groups -OCH3 is 1. The van der Waals surface area contributed by atoms with Crippen LogP contribution in [0, 0.1) is 0 Å². The summed E-state index contributed by atoms with van der Waals surface area (Å²) in [5.41, 5.74) is 0.855. The summed E-state index contributed by atoms with van der Waals surface area (Å²) in [5, 5.41) is 4.98. The van der Waals surface area contributed by atoms with Crippen molar-refractivity contribution in [1.29, 1.82) is 0 Å². The molecule has 2 amide bonds. The summed E-state index contributed by atoms with van der Waals surface area (Å²) in [7, 11) is 1.24. The molecule has 1 unspecified atom stereocenters. The minimum Gasteiger partial charge on any atom is -0.468 e. The van der Waals surface area contributed by atoms with E-state index in [1.54, 1.807) is 0 Å². The maximum atomic E-state index is 12.1. The van der Waals surface area contributed by atoms with Crippen LogP contribution < -0.4 is 10.6 Å². The highest BCUT2D eigenvalue weighted by Gasteiger charge is 2.21. The number of hydrogen-bond acceptors (Lipinski definition) is 5. The van der Waals surface area contributed by atoms with Gasteiger partial charge in [0, 0.05) is 0 Å². The van der Waals surface area contributed by atoms with E-state index < -0.39 is 24.0 Å². The average Bonchev–Trinajstić information content (AvgIpc) is 2.61. The molecule has 0 saturated carbocycles. The fourth-order valence-electron chi connectivity index (χ4n) is 1.94. The molecule has 0 saturated heterocycles. The third-order valence-electron chi connectivity index (χ3n) is 3.30. The molecule has 0 aliphatic heterocycles. The van der Waals surface area contributed by atoms with Gasteiger partial charge in [0.1, 0.15) is 19.2 Å². The molecule has 0 bridgehead atoms. The van der Waals surface area contributed by atoms with E-state index in [1.807, 2.05) is 37.3 Å². The summed E-state index contributed by atoms with van der Waals surface area (Å²) in [6, 6.07) is 8.49. The number of carbonyl (C=O) groups excluding carboxylic acids is 3. The van der Waals surface area contributed by atoms with Gasteiger partial charge >= 0.3 is 12.1 Å². The van der Waals surface area contributed by atoms with Gasteiger partial charge in [0.05, 0.1) is 7.11 Å². The number of hydrogen-bond donors (Lipinski definition) is 2. The first-order valence-corrected chi connectivity index (χ1v) is 7.88. The molecule has 1 atom stereocenters. The standard InChI is InChI=1S/C17H24N2O5/c1-3-4-10-14(16(21)18-11-15(20)23-2)19-17(22)24-12-13-8-6-5-7-9-13/h5-9,14H,3-4,10-12H2,1-2H3,(H,18,21)(H,19,22). The molecule has 0 spiro atoms. The molecule has 7 heteroatoms. The number of rotatable bonds is 9. The number of carbonyl (C=O) groups is 3. The summed E-state index contributed by atoms with van der Waals surface area (Å²) in [6.07, 6.45) is 1.42. The number of ether oxygens (including phenoxy) is 2. The van der Waals surface area contributed by atoms with Crippen molar-refractivity contribution >= 4 is 18.0 Å². The highest BCUT2D eigenvalue weighted by atomic mass is 16.5. The van der Waals surface area contributed by atoms with Crippen LogP contribution in [-0.2, 0) is 25.7 Å². The molecule has 0 aliphatic carbocycles. The van der Waals surface area contributed by atoms with Crippen molar-refractivity contribution in [2.75, 3.05) is 13.7 Å². The summed E-state index contributed by atoms with van der Waals surface area (Å²) >= 11 is 0. The summed E-state index contributed by atoms with van der Waals surface area (Å²) in [4.78, 5) is 35.1. The van der Waals surface area contributed by atoms with Crippen LogP contribution >= 0.6 is 0 Å². The average molecular weight is 336 g/mol. The van der Waals surface area contributed by atoms with Crippen LogP contribution in [0.5, 0.6) is 0 Å². The maximum Gasteiger partial charge on any atom is 0.408 e. The Labute approximate surface area is 141 Å². The fraction of sp³-hybridized carbons (Fsp3) is 0.471. The maximum absolute atomic E-state index is 12.1. The van der Waals surface area contributed by atoms with Crippen molar-refractivity contribution in [1.82, 2.24) is 10.6 Å². The van der Waals surface area contributed by atoms with Crippen molar-refractivity contribution in [3.63, 3.8) is 0 Å². The summed E-state index contributed by atoms with van der Waals surface area (Å²) in [6.45, 7) is 1.87. The van der Waals surface area contributed by atoms with Gasteiger partial charge in [-0.2, -0.15) is 0 Å². The van der Waals surface area contributed by atoms with E-state index in [0.717, 1.165) is 18.4 Å². The van der Waals surface area contributed by atoms with E-state index >= 15 is 0 Å². The summed E-state index contributed by atoms with van der Waals surface area (Å²) < 4.78 is 9.58. The molecule has 0 heterocycles. The van der Waals surface area contributed by atoms with Crippen LogP contribution in [0.1, 0.15) is 31.7 Å². The first-order chi connectivity index (χ1) is 11.6. The topological polar surface area (TPSA) is 93.7 Å². The van der Waals surface area contributed by atoms with Crippen LogP contribution in [0.15, 0.2) is 30.3 Å². The third-order valence-corrected chi connectivity index (χ3v) is 3.30. The van der Waals surface area contributed by atoms with E-state index in [0.29, 0.717) is 6.42 Å². The monoisotopic (exact) mass is 336 g/mol. The van der Waals surface area contributed by atoms with Gasteiger partial charge in [-0.3, -0.25) is 9.59 Å². The van der Waals surface area contributed by atoms with Gasteiger partial charge in [-0.1, -0.05) is 50.1 Å². The Balaban J connectivity index is 2.49. The lowest BCUT2D eigenvalue weighted by Crippen LogP contribution is -2.48. The van der Waals surface area contributed by atoms with Crippen molar-refractivity contribution in [2.45, 2.75) is 38.8 Å². The number of alkyl carbamates (subject to hydrolysis) is 1. The van der Waals surface area contributed by atoms with Crippen molar-refractivity contribution in [3.8, 4) is 0 Å². The first-order valence-electron chi connectivity index (χ1n) is 7.88. The number of nitrogens with one attached hydrogen (secondary N) is 2. The van der Waals surface area contributed by atoms with E-state index in [-0.39, 0.29) is 13.2 Å². The van der Waals surface area contributed by atoms with Gasteiger partial charge in [-0.15, -0.1) is 0 Å². The largest absolute Gasteiger partial charge is 0.468 e. The van der Waals surface area contributed by atoms with Crippen LogP contribution in [0.2, 0.25) is 0 Å². The van der Waals surface area contributed by atoms with Gasteiger partial charge in [0.2, 0.25) is 5.91 Å². The van der Waals surface area contributed by atoms with Crippen LogP contribution in [-0.4, -0.2) is 37.7 Å². The van der Waals surface area contributed by atoms with E-state index in [1.165, 1.54) is 7.11 Å². The molecule has 0 radical (unpaired) electrons. The van der Waals surface area contributed by atoms with Crippen LogP contribution in [0.4, 0.5) is 4.79 Å². The Morgan fingerprint density at radius 3 is 2.50 bits per heavy atom. The second-order valence-electron chi connectivity index (χ2n) is 5.19. The molecule has 1 aromatic carbocycles. The Hall–Kier alpha value is -2.57. The molecule has 132 valence electrons. The van der Waals surface area contributed by atoms with Gasteiger partial charge in [0.15, 0.2) is 0 Å². The highest BCUT2D eigenvalue weighted by molar-refractivity contribution is 5.88. The SMILES string of the molecule is CCCCC(NC(=O)OCc1ccccc1)C(=O)NCC(=O)OC. The summed E-state index contributed by atoms with van der Waals surface area (Å²) in [5.74, 6) is -0.991. The Morgan fingerprint density at radius 2 is 1.88 bits per heavy atom. The quantitative estimate of drug-likeness (QED) is 0.670. The highest BCUT2D eigenvalue weighted by Crippen LogP contribution is 2.04. The molecule has 2 N–H and O–H groups in total. The van der Waals surface area contributed by atoms with Crippen molar-refractivity contribution in [2.24, 2.45) is 0 Å². The second-order valence-corrected chi connectivity index (χ2v) is 5.19. The molecule has 1 aromatic rings. The minimum atomic E-state index is -0.752.